The summed E-state index contributed by atoms with van der Waals surface area (Å²) < 4.78 is 0. The number of rotatable bonds is 5. The van der Waals surface area contributed by atoms with Crippen LogP contribution in [-0.2, 0) is 17.6 Å². The molecule has 4 nitrogen and oxygen atoms in total. The highest BCUT2D eigenvalue weighted by Crippen LogP contribution is 2.34. The fourth-order valence-corrected chi connectivity index (χ4v) is 4.83. The molecule has 5 rings (SSSR count). The first-order valence-corrected chi connectivity index (χ1v) is 11.0. The Morgan fingerprint density at radius 3 is 2.81 bits per heavy atom. The van der Waals surface area contributed by atoms with Crippen molar-refractivity contribution in [2.45, 2.75) is 45.6 Å². The number of para-hydroxylation sites is 1. The average Bonchev–Trinajstić information content (AvgIpc) is 3.31. The van der Waals surface area contributed by atoms with Gasteiger partial charge in [-0.05, 0) is 74.6 Å². The number of anilines is 1. The Balaban J connectivity index is 1.39. The van der Waals surface area contributed by atoms with Crippen LogP contribution in [0.25, 0.3) is 22.3 Å². The van der Waals surface area contributed by atoms with Gasteiger partial charge < -0.3 is 9.88 Å². The van der Waals surface area contributed by atoms with E-state index in [2.05, 4.69) is 60.2 Å². The number of nitrogens with zero attached hydrogens (tertiary/aromatic N) is 2. The molecule has 2 aromatic carbocycles. The number of nitrogens with one attached hydrogen (secondary N) is 1. The van der Waals surface area contributed by atoms with Crippen molar-refractivity contribution in [1.29, 1.82) is 0 Å². The Morgan fingerprint density at radius 2 is 1.97 bits per heavy atom. The van der Waals surface area contributed by atoms with Crippen LogP contribution in [0.4, 0.5) is 5.69 Å². The molecule has 4 aromatic rings. The summed E-state index contributed by atoms with van der Waals surface area (Å²) in [5, 5.41) is 1.23. The van der Waals surface area contributed by atoms with E-state index in [1.807, 2.05) is 35.4 Å². The molecule has 1 unspecified atom stereocenters. The Kier molecular flexibility index (Phi) is 5.06. The lowest BCUT2D eigenvalue weighted by Gasteiger charge is -2.22. The number of carbonyl (C=O) groups is 1. The van der Waals surface area contributed by atoms with Crippen LogP contribution in [0.15, 0.2) is 66.9 Å². The maximum absolute atomic E-state index is 13.1. The maximum Gasteiger partial charge on any atom is 0.227 e. The molecule has 0 saturated heterocycles. The van der Waals surface area contributed by atoms with Gasteiger partial charge in [-0.25, -0.2) is 0 Å². The molecular formula is C27H27N3O. The molecule has 0 aliphatic carbocycles. The quantitative estimate of drug-likeness (QED) is 0.450. The normalized spacial score (nSPS) is 15.4. The van der Waals surface area contributed by atoms with Crippen LogP contribution in [-0.4, -0.2) is 21.9 Å². The lowest BCUT2D eigenvalue weighted by molar-refractivity contribution is -0.119. The van der Waals surface area contributed by atoms with E-state index in [1.165, 1.54) is 22.1 Å². The molecule has 31 heavy (non-hydrogen) atoms. The molecule has 4 heteroatoms. The maximum atomic E-state index is 13.1. The molecule has 0 spiro atoms. The van der Waals surface area contributed by atoms with Gasteiger partial charge in [-0.3, -0.25) is 9.78 Å². The third kappa shape index (κ3) is 3.63. The van der Waals surface area contributed by atoms with Crippen LogP contribution in [0.2, 0.25) is 0 Å². The summed E-state index contributed by atoms with van der Waals surface area (Å²) >= 11 is 0. The second kappa shape index (κ2) is 8.03. The predicted molar refractivity (Wildman–Crippen MR) is 126 cm³/mol. The van der Waals surface area contributed by atoms with Crippen molar-refractivity contribution >= 4 is 22.5 Å². The highest BCUT2D eigenvalue weighted by Gasteiger charge is 2.30. The fourth-order valence-electron chi connectivity index (χ4n) is 4.83. The smallest absolute Gasteiger partial charge is 0.227 e. The molecule has 2 aromatic heterocycles. The molecule has 1 N–H and O–H groups in total. The highest BCUT2D eigenvalue weighted by atomic mass is 16.2. The number of aromatic nitrogens is 2. The fraction of sp³-hybridized carbons (Fsp3) is 0.259. The molecule has 1 atom stereocenters. The van der Waals surface area contributed by atoms with Gasteiger partial charge in [-0.1, -0.05) is 35.9 Å². The van der Waals surface area contributed by atoms with E-state index < -0.39 is 0 Å². The third-order valence-corrected chi connectivity index (χ3v) is 6.28. The average molecular weight is 410 g/mol. The summed E-state index contributed by atoms with van der Waals surface area (Å²) in [5.74, 6) is 0.216. The Bertz CT molecular complexity index is 1240. The number of amides is 1. The predicted octanol–water partition coefficient (Wildman–Crippen LogP) is 5.84. The van der Waals surface area contributed by atoms with Crippen molar-refractivity contribution in [3.8, 4) is 11.4 Å². The zero-order chi connectivity index (χ0) is 21.4. The first-order chi connectivity index (χ1) is 15.1. The van der Waals surface area contributed by atoms with E-state index in [0.717, 1.165) is 41.9 Å². The number of pyridine rings is 1. The van der Waals surface area contributed by atoms with Gasteiger partial charge in [0.2, 0.25) is 5.91 Å². The monoisotopic (exact) mass is 409 g/mol. The zero-order valence-electron chi connectivity index (χ0n) is 18.1. The Labute approximate surface area is 182 Å². The van der Waals surface area contributed by atoms with Crippen molar-refractivity contribution in [3.05, 3.63) is 83.6 Å². The molecule has 0 saturated carbocycles. The van der Waals surface area contributed by atoms with Crippen LogP contribution < -0.4 is 4.90 Å². The van der Waals surface area contributed by atoms with Gasteiger partial charge in [0.05, 0.1) is 11.4 Å². The lowest BCUT2D eigenvalue weighted by Crippen LogP contribution is -2.35. The van der Waals surface area contributed by atoms with Crippen molar-refractivity contribution in [1.82, 2.24) is 9.97 Å². The Hall–Kier alpha value is -3.40. The van der Waals surface area contributed by atoms with Crippen molar-refractivity contribution in [3.63, 3.8) is 0 Å². The lowest BCUT2D eigenvalue weighted by atomic mass is 10.0. The van der Waals surface area contributed by atoms with Crippen molar-refractivity contribution in [2.75, 3.05) is 4.90 Å². The minimum atomic E-state index is 0.216. The van der Waals surface area contributed by atoms with E-state index >= 15 is 0 Å². The number of H-pyrrole nitrogens is 1. The number of benzene rings is 2. The number of hydrogen-bond donors (Lipinski definition) is 1. The third-order valence-electron chi connectivity index (χ3n) is 6.28. The molecule has 0 radical (unpaired) electrons. The SMILES string of the molecule is Cc1ccc2[nH]c(-c3ccccn3)c(CCCC(=O)N3c4ccccc4CC3C)c2c1. The molecule has 0 bridgehead atoms. The molecule has 0 fully saturated rings. The minimum absolute atomic E-state index is 0.216. The van der Waals surface area contributed by atoms with Crippen molar-refractivity contribution in [2.24, 2.45) is 0 Å². The standard InChI is InChI=1S/C27H27N3O/c1-18-13-14-23-22(16-18)21(27(29-23)24-10-5-6-15-28-24)9-7-12-26(31)30-19(2)17-20-8-3-4-11-25(20)30/h3-6,8,10-11,13-16,19,29H,7,9,12,17H2,1-2H3. The summed E-state index contributed by atoms with van der Waals surface area (Å²) in [6.07, 6.45) is 4.95. The molecule has 3 heterocycles. The summed E-state index contributed by atoms with van der Waals surface area (Å²) in [4.78, 5) is 23.2. The van der Waals surface area contributed by atoms with Gasteiger partial charge in [0.15, 0.2) is 0 Å². The second-order valence-electron chi connectivity index (χ2n) is 8.54. The van der Waals surface area contributed by atoms with Crippen LogP contribution >= 0.6 is 0 Å². The number of carbonyl (C=O) groups excluding carboxylic acids is 1. The molecular weight excluding hydrogens is 382 g/mol. The van der Waals surface area contributed by atoms with E-state index in [9.17, 15) is 4.79 Å². The van der Waals surface area contributed by atoms with E-state index in [-0.39, 0.29) is 11.9 Å². The summed E-state index contributed by atoms with van der Waals surface area (Å²) in [7, 11) is 0. The van der Waals surface area contributed by atoms with Gasteiger partial charge in [0.25, 0.3) is 0 Å². The van der Waals surface area contributed by atoms with Crippen LogP contribution in [0.5, 0.6) is 0 Å². The molecule has 1 amide bonds. The summed E-state index contributed by atoms with van der Waals surface area (Å²) in [5.41, 5.74) is 7.96. The molecule has 1 aliphatic rings. The molecule has 156 valence electrons. The second-order valence-corrected chi connectivity index (χ2v) is 8.54. The van der Waals surface area contributed by atoms with Crippen LogP contribution in [0.1, 0.15) is 36.5 Å². The van der Waals surface area contributed by atoms with E-state index in [4.69, 9.17) is 0 Å². The minimum Gasteiger partial charge on any atom is -0.353 e. The molecule has 1 aliphatic heterocycles. The van der Waals surface area contributed by atoms with E-state index in [0.29, 0.717) is 6.42 Å². The topological polar surface area (TPSA) is 49.0 Å². The first-order valence-electron chi connectivity index (χ1n) is 11.0. The summed E-state index contributed by atoms with van der Waals surface area (Å²) in [6, 6.07) is 21.0. The van der Waals surface area contributed by atoms with E-state index in [1.54, 1.807) is 0 Å². The number of fused-ring (bicyclic) bond motifs is 2. The van der Waals surface area contributed by atoms with Gasteiger partial charge in [-0.15, -0.1) is 0 Å². The zero-order valence-corrected chi connectivity index (χ0v) is 18.1. The summed E-state index contributed by atoms with van der Waals surface area (Å²) in [6.45, 7) is 4.26. The highest BCUT2D eigenvalue weighted by molar-refractivity contribution is 5.96. The van der Waals surface area contributed by atoms with Crippen LogP contribution in [0, 0.1) is 6.92 Å². The van der Waals surface area contributed by atoms with Crippen molar-refractivity contribution < 1.29 is 4.79 Å². The van der Waals surface area contributed by atoms with Crippen LogP contribution in [0.3, 0.4) is 0 Å². The van der Waals surface area contributed by atoms with Gasteiger partial charge in [0.1, 0.15) is 0 Å². The van der Waals surface area contributed by atoms with Gasteiger partial charge in [0, 0.05) is 35.2 Å². The first kappa shape index (κ1) is 19.6. The Morgan fingerprint density at radius 1 is 1.13 bits per heavy atom. The number of hydrogen-bond acceptors (Lipinski definition) is 2. The number of aryl methyl sites for hydroxylation is 2. The largest absolute Gasteiger partial charge is 0.353 e. The van der Waals surface area contributed by atoms with Gasteiger partial charge >= 0.3 is 0 Å². The number of aromatic amines is 1. The van der Waals surface area contributed by atoms with Gasteiger partial charge in [-0.2, -0.15) is 0 Å².